The zero-order valence-electron chi connectivity index (χ0n) is 12.1. The highest BCUT2D eigenvalue weighted by molar-refractivity contribution is 5.46. The molecule has 1 saturated carbocycles. The molecular formula is C16H18F3NO. The SMILES string of the molecule is CC1(C)CCC(Oc2ccc(C(F)(F)F)cc2C#N)CC1. The van der Waals surface area contributed by atoms with Gasteiger partial charge in [0, 0.05) is 0 Å². The highest BCUT2D eigenvalue weighted by Gasteiger charge is 2.32. The van der Waals surface area contributed by atoms with E-state index in [2.05, 4.69) is 13.8 Å². The Morgan fingerprint density at radius 1 is 1.24 bits per heavy atom. The number of rotatable bonds is 2. The van der Waals surface area contributed by atoms with Crippen molar-refractivity contribution < 1.29 is 17.9 Å². The average Bonchev–Trinajstić information content (AvgIpc) is 2.40. The molecule has 1 aromatic carbocycles. The third-order valence-electron chi connectivity index (χ3n) is 4.01. The molecular weight excluding hydrogens is 279 g/mol. The number of halogens is 3. The van der Waals surface area contributed by atoms with Gasteiger partial charge in [0.05, 0.1) is 17.2 Å². The summed E-state index contributed by atoms with van der Waals surface area (Å²) in [4.78, 5) is 0. The second-order valence-corrected chi connectivity index (χ2v) is 6.30. The Morgan fingerprint density at radius 2 is 1.86 bits per heavy atom. The maximum Gasteiger partial charge on any atom is 0.416 e. The first-order chi connectivity index (χ1) is 9.71. The molecule has 0 aliphatic heterocycles. The van der Waals surface area contributed by atoms with Gasteiger partial charge in [-0.1, -0.05) is 13.8 Å². The standard InChI is InChI=1S/C16H18F3NO/c1-15(2)7-5-13(6-8-15)21-14-4-3-12(16(17,18)19)9-11(14)10-20/h3-4,9,13H,5-8H2,1-2H3. The van der Waals surface area contributed by atoms with Crippen molar-refractivity contribution in [1.29, 1.82) is 5.26 Å². The minimum absolute atomic E-state index is 0.0261. The van der Waals surface area contributed by atoms with Gasteiger partial charge in [-0.3, -0.25) is 0 Å². The monoisotopic (exact) mass is 297 g/mol. The highest BCUT2D eigenvalue weighted by Crippen LogP contribution is 2.38. The molecule has 0 amide bonds. The molecule has 114 valence electrons. The van der Waals surface area contributed by atoms with Crippen molar-refractivity contribution in [2.45, 2.75) is 51.8 Å². The largest absolute Gasteiger partial charge is 0.489 e. The number of benzene rings is 1. The van der Waals surface area contributed by atoms with Gasteiger partial charge in [-0.15, -0.1) is 0 Å². The molecule has 21 heavy (non-hydrogen) atoms. The molecule has 0 atom stereocenters. The van der Waals surface area contributed by atoms with Gasteiger partial charge >= 0.3 is 6.18 Å². The van der Waals surface area contributed by atoms with E-state index in [4.69, 9.17) is 10.00 Å². The van der Waals surface area contributed by atoms with Crippen LogP contribution in [0.2, 0.25) is 0 Å². The Hall–Kier alpha value is -1.70. The zero-order valence-corrected chi connectivity index (χ0v) is 12.1. The summed E-state index contributed by atoms with van der Waals surface area (Å²) in [6, 6.07) is 4.85. The normalized spacial score (nSPS) is 19.0. The number of alkyl halides is 3. The molecule has 2 rings (SSSR count). The number of ether oxygens (including phenoxy) is 1. The lowest BCUT2D eigenvalue weighted by Gasteiger charge is -2.34. The summed E-state index contributed by atoms with van der Waals surface area (Å²) in [6.07, 6.45) is -0.723. The summed E-state index contributed by atoms with van der Waals surface area (Å²) in [5.41, 5.74) is -0.594. The lowest BCUT2D eigenvalue weighted by atomic mass is 9.76. The topological polar surface area (TPSA) is 33.0 Å². The van der Waals surface area contributed by atoms with Gasteiger partial charge in [-0.05, 0) is 49.3 Å². The fourth-order valence-corrected chi connectivity index (χ4v) is 2.57. The van der Waals surface area contributed by atoms with Crippen molar-refractivity contribution in [2.24, 2.45) is 5.41 Å². The van der Waals surface area contributed by atoms with E-state index in [1.807, 2.05) is 0 Å². The Balaban J connectivity index is 2.13. The predicted molar refractivity (Wildman–Crippen MR) is 72.8 cm³/mol. The predicted octanol–water partition coefficient (Wildman–Crippen LogP) is 4.92. The van der Waals surface area contributed by atoms with E-state index in [-0.39, 0.29) is 22.8 Å². The Bertz CT molecular complexity index is 548. The first-order valence-electron chi connectivity index (χ1n) is 6.99. The van der Waals surface area contributed by atoms with Crippen molar-refractivity contribution >= 4 is 0 Å². The van der Waals surface area contributed by atoms with Crippen LogP contribution in [0.4, 0.5) is 13.2 Å². The zero-order chi connectivity index (χ0) is 15.7. The Morgan fingerprint density at radius 3 is 2.38 bits per heavy atom. The summed E-state index contributed by atoms with van der Waals surface area (Å²) in [7, 11) is 0. The molecule has 2 nitrogen and oxygen atoms in total. The number of hydrogen-bond acceptors (Lipinski definition) is 2. The van der Waals surface area contributed by atoms with Gasteiger partial charge < -0.3 is 4.74 Å². The van der Waals surface area contributed by atoms with Crippen LogP contribution in [0.3, 0.4) is 0 Å². The molecule has 0 spiro atoms. The number of hydrogen-bond donors (Lipinski definition) is 0. The number of nitriles is 1. The van der Waals surface area contributed by atoms with E-state index in [1.165, 1.54) is 6.07 Å². The summed E-state index contributed by atoms with van der Waals surface area (Å²) < 4.78 is 43.6. The first-order valence-corrected chi connectivity index (χ1v) is 6.99. The van der Waals surface area contributed by atoms with Gasteiger partial charge in [0.25, 0.3) is 0 Å². The van der Waals surface area contributed by atoms with Gasteiger partial charge in [0.2, 0.25) is 0 Å². The van der Waals surface area contributed by atoms with E-state index in [1.54, 1.807) is 6.07 Å². The summed E-state index contributed by atoms with van der Waals surface area (Å²) in [5, 5.41) is 9.02. The van der Waals surface area contributed by atoms with Gasteiger partial charge in [-0.25, -0.2) is 0 Å². The van der Waals surface area contributed by atoms with Crippen molar-refractivity contribution in [3.05, 3.63) is 29.3 Å². The van der Waals surface area contributed by atoms with E-state index in [0.29, 0.717) is 0 Å². The van der Waals surface area contributed by atoms with E-state index in [9.17, 15) is 13.2 Å². The third-order valence-corrected chi connectivity index (χ3v) is 4.01. The summed E-state index contributed by atoms with van der Waals surface area (Å²) in [6.45, 7) is 4.39. The molecule has 1 fully saturated rings. The fraction of sp³-hybridized carbons (Fsp3) is 0.562. The fourth-order valence-electron chi connectivity index (χ4n) is 2.57. The van der Waals surface area contributed by atoms with E-state index in [0.717, 1.165) is 37.8 Å². The molecule has 0 aromatic heterocycles. The minimum Gasteiger partial charge on any atom is -0.489 e. The van der Waals surface area contributed by atoms with Crippen LogP contribution in [-0.2, 0) is 6.18 Å². The van der Waals surface area contributed by atoms with Crippen LogP contribution in [0.15, 0.2) is 18.2 Å². The Labute approximate surface area is 122 Å². The van der Waals surface area contributed by atoms with Crippen LogP contribution in [0.5, 0.6) is 5.75 Å². The lowest BCUT2D eigenvalue weighted by molar-refractivity contribution is -0.137. The van der Waals surface area contributed by atoms with Crippen molar-refractivity contribution in [3.8, 4) is 11.8 Å². The molecule has 5 heteroatoms. The van der Waals surface area contributed by atoms with Crippen LogP contribution >= 0.6 is 0 Å². The van der Waals surface area contributed by atoms with Crippen molar-refractivity contribution in [1.82, 2.24) is 0 Å². The van der Waals surface area contributed by atoms with Crippen LogP contribution in [0.1, 0.15) is 50.7 Å². The number of nitrogens with zero attached hydrogens (tertiary/aromatic N) is 1. The van der Waals surface area contributed by atoms with E-state index < -0.39 is 11.7 Å². The molecule has 1 aliphatic rings. The second-order valence-electron chi connectivity index (χ2n) is 6.30. The van der Waals surface area contributed by atoms with Crippen molar-refractivity contribution in [2.75, 3.05) is 0 Å². The molecule has 1 aliphatic carbocycles. The molecule has 1 aromatic rings. The summed E-state index contributed by atoms with van der Waals surface area (Å²) >= 11 is 0. The molecule has 0 bridgehead atoms. The maximum atomic E-state index is 12.6. The van der Waals surface area contributed by atoms with Gasteiger partial charge in [0.1, 0.15) is 11.8 Å². The van der Waals surface area contributed by atoms with E-state index >= 15 is 0 Å². The van der Waals surface area contributed by atoms with Crippen LogP contribution in [0, 0.1) is 16.7 Å². The molecule has 0 unspecified atom stereocenters. The van der Waals surface area contributed by atoms with Gasteiger partial charge in [0.15, 0.2) is 0 Å². The highest BCUT2D eigenvalue weighted by atomic mass is 19.4. The molecule has 0 saturated heterocycles. The molecule has 0 N–H and O–H groups in total. The molecule has 0 radical (unpaired) electrons. The lowest BCUT2D eigenvalue weighted by Crippen LogP contribution is -2.28. The maximum absolute atomic E-state index is 12.6. The third kappa shape index (κ3) is 3.90. The summed E-state index contributed by atoms with van der Waals surface area (Å²) in [5.74, 6) is 0.246. The van der Waals surface area contributed by atoms with Gasteiger partial charge in [-0.2, -0.15) is 18.4 Å². The van der Waals surface area contributed by atoms with Crippen LogP contribution in [-0.4, -0.2) is 6.10 Å². The van der Waals surface area contributed by atoms with Crippen LogP contribution < -0.4 is 4.74 Å². The Kier molecular flexibility index (Phi) is 4.18. The van der Waals surface area contributed by atoms with Crippen molar-refractivity contribution in [3.63, 3.8) is 0 Å². The molecule has 0 heterocycles. The smallest absolute Gasteiger partial charge is 0.416 e. The minimum atomic E-state index is -4.45. The second kappa shape index (κ2) is 5.59. The van der Waals surface area contributed by atoms with Crippen LogP contribution in [0.25, 0.3) is 0 Å². The average molecular weight is 297 g/mol. The quantitative estimate of drug-likeness (QED) is 0.775. The first kappa shape index (κ1) is 15.7.